The summed E-state index contributed by atoms with van der Waals surface area (Å²) in [5.41, 5.74) is 6.91. The largest absolute Gasteiger partial charge is 0.376 e. The Bertz CT molecular complexity index is 1210. The van der Waals surface area contributed by atoms with Crippen molar-refractivity contribution in [2.45, 2.75) is 25.5 Å². The highest BCUT2D eigenvalue weighted by Crippen LogP contribution is 2.21. The van der Waals surface area contributed by atoms with Crippen molar-refractivity contribution in [3.05, 3.63) is 96.0 Å². The molecule has 0 aliphatic carbocycles. The molecule has 178 valence electrons. The third kappa shape index (κ3) is 5.33. The first-order chi connectivity index (χ1) is 17.2. The van der Waals surface area contributed by atoms with Crippen molar-refractivity contribution in [1.82, 2.24) is 20.7 Å². The molecule has 1 aromatic heterocycles. The van der Waals surface area contributed by atoms with E-state index < -0.39 is 0 Å². The Hall–Kier alpha value is -4.17. The Balaban J connectivity index is 1.35. The standard InChI is InChI=1S/C27H28N6O2/c28-25-24(27(34)32-33(25)18-22-9-6-16-35-22)26(31-21-7-2-1-3-8-21)30-17-19-11-13-20(14-12-19)23-10-4-5-15-29-23/h1-5,7-8,10-15,22,28,30-31H,6,9,16-18H2,(H,32,34)/b26-24-,28-25?. The van der Waals surface area contributed by atoms with E-state index in [-0.39, 0.29) is 23.4 Å². The SMILES string of the molecule is N=C1/C(=C(\NCc2ccc(-c3ccccn3)cc2)Nc2ccccc2)C(=O)NN1CC1CCCO1. The molecule has 8 heteroatoms. The molecule has 8 nitrogen and oxygen atoms in total. The number of nitrogens with zero attached hydrogens (tertiary/aromatic N) is 2. The van der Waals surface area contributed by atoms with Crippen LogP contribution < -0.4 is 16.1 Å². The maximum Gasteiger partial charge on any atom is 0.277 e. The first-order valence-corrected chi connectivity index (χ1v) is 11.8. The quantitative estimate of drug-likeness (QED) is 0.376. The molecule has 2 aliphatic rings. The number of benzene rings is 2. The summed E-state index contributed by atoms with van der Waals surface area (Å²) in [6, 6.07) is 23.6. The lowest BCUT2D eigenvalue weighted by Gasteiger charge is -2.21. The number of hydrogen-bond acceptors (Lipinski definition) is 6. The molecule has 35 heavy (non-hydrogen) atoms. The van der Waals surface area contributed by atoms with E-state index in [0.29, 0.717) is 18.9 Å². The van der Waals surface area contributed by atoms with Crippen molar-refractivity contribution in [3.63, 3.8) is 0 Å². The summed E-state index contributed by atoms with van der Waals surface area (Å²) in [4.78, 5) is 17.3. The number of ether oxygens (including phenoxy) is 1. The van der Waals surface area contributed by atoms with Crippen molar-refractivity contribution in [3.8, 4) is 11.3 Å². The average molecular weight is 469 g/mol. The number of hydrazine groups is 1. The maximum atomic E-state index is 12.9. The number of anilines is 1. The van der Waals surface area contributed by atoms with E-state index in [0.717, 1.165) is 42.0 Å². The molecule has 3 heterocycles. The summed E-state index contributed by atoms with van der Waals surface area (Å²) in [5.74, 6) is 0.300. The monoisotopic (exact) mass is 468 g/mol. The number of amidine groups is 1. The first-order valence-electron chi connectivity index (χ1n) is 11.8. The third-order valence-corrected chi connectivity index (χ3v) is 6.06. The van der Waals surface area contributed by atoms with Gasteiger partial charge in [-0.15, -0.1) is 0 Å². The van der Waals surface area contributed by atoms with Gasteiger partial charge in [-0.1, -0.05) is 48.5 Å². The number of carbonyl (C=O) groups excluding carboxylic acids is 1. The Morgan fingerprint density at radius 1 is 1.09 bits per heavy atom. The van der Waals surface area contributed by atoms with Gasteiger partial charge in [0, 0.05) is 30.6 Å². The van der Waals surface area contributed by atoms with Gasteiger partial charge < -0.3 is 15.4 Å². The van der Waals surface area contributed by atoms with Crippen LogP contribution in [-0.2, 0) is 16.1 Å². The summed E-state index contributed by atoms with van der Waals surface area (Å²) in [5, 5.41) is 16.9. The van der Waals surface area contributed by atoms with Crippen molar-refractivity contribution >= 4 is 17.4 Å². The smallest absolute Gasteiger partial charge is 0.277 e. The van der Waals surface area contributed by atoms with E-state index in [4.69, 9.17) is 10.1 Å². The van der Waals surface area contributed by atoms with Gasteiger partial charge in [-0.05, 0) is 42.7 Å². The van der Waals surface area contributed by atoms with Crippen LogP contribution in [0.3, 0.4) is 0 Å². The van der Waals surface area contributed by atoms with Gasteiger partial charge in [0.25, 0.3) is 5.91 Å². The highest BCUT2D eigenvalue weighted by Gasteiger charge is 2.35. The van der Waals surface area contributed by atoms with Crippen molar-refractivity contribution < 1.29 is 9.53 Å². The second-order valence-electron chi connectivity index (χ2n) is 8.54. The lowest BCUT2D eigenvalue weighted by Crippen LogP contribution is -2.40. The van der Waals surface area contributed by atoms with Gasteiger partial charge in [-0.25, -0.2) is 0 Å². The minimum absolute atomic E-state index is 0.0195. The fourth-order valence-electron chi connectivity index (χ4n) is 4.22. The number of carbonyl (C=O) groups is 1. The predicted octanol–water partition coefficient (Wildman–Crippen LogP) is 3.66. The molecular weight excluding hydrogens is 440 g/mol. The lowest BCUT2D eigenvalue weighted by molar-refractivity contribution is -0.118. The highest BCUT2D eigenvalue weighted by molar-refractivity contribution is 6.24. The number of pyridine rings is 1. The van der Waals surface area contributed by atoms with E-state index in [1.54, 1.807) is 11.2 Å². The van der Waals surface area contributed by atoms with Crippen LogP contribution in [0.25, 0.3) is 11.3 Å². The summed E-state index contributed by atoms with van der Waals surface area (Å²) in [7, 11) is 0. The van der Waals surface area contributed by atoms with Crippen LogP contribution in [0.1, 0.15) is 18.4 Å². The summed E-state index contributed by atoms with van der Waals surface area (Å²) in [6.07, 6.45) is 3.73. The second kappa shape index (κ2) is 10.4. The van der Waals surface area contributed by atoms with Gasteiger partial charge in [-0.3, -0.25) is 25.6 Å². The summed E-state index contributed by atoms with van der Waals surface area (Å²) in [6.45, 7) is 1.67. The minimum Gasteiger partial charge on any atom is -0.376 e. The molecule has 5 rings (SSSR count). The van der Waals surface area contributed by atoms with E-state index in [2.05, 4.69) is 21.0 Å². The Kier molecular flexibility index (Phi) is 6.72. The normalized spacial score (nSPS) is 19.0. The number of amides is 1. The average Bonchev–Trinajstić information content (AvgIpc) is 3.51. The molecule has 0 saturated carbocycles. The minimum atomic E-state index is -0.315. The fraction of sp³-hybridized carbons (Fsp3) is 0.222. The zero-order valence-electron chi connectivity index (χ0n) is 19.3. The number of nitrogens with one attached hydrogen (secondary N) is 4. The van der Waals surface area contributed by atoms with Crippen molar-refractivity contribution in [1.29, 1.82) is 5.41 Å². The van der Waals surface area contributed by atoms with Crippen LogP contribution in [-0.4, -0.2) is 41.0 Å². The van der Waals surface area contributed by atoms with E-state index in [1.807, 2.05) is 72.8 Å². The van der Waals surface area contributed by atoms with Gasteiger partial charge >= 0.3 is 0 Å². The maximum absolute atomic E-state index is 12.9. The zero-order chi connectivity index (χ0) is 24.0. The Morgan fingerprint density at radius 2 is 1.89 bits per heavy atom. The molecule has 0 radical (unpaired) electrons. The van der Waals surface area contributed by atoms with Gasteiger partial charge in [-0.2, -0.15) is 0 Å². The fourth-order valence-corrected chi connectivity index (χ4v) is 4.22. The van der Waals surface area contributed by atoms with Crippen LogP contribution in [0.5, 0.6) is 0 Å². The molecule has 1 amide bonds. The van der Waals surface area contributed by atoms with E-state index >= 15 is 0 Å². The van der Waals surface area contributed by atoms with Gasteiger partial charge in [0.1, 0.15) is 11.4 Å². The second-order valence-corrected chi connectivity index (χ2v) is 8.54. The van der Waals surface area contributed by atoms with E-state index in [1.165, 1.54) is 0 Å². The molecule has 2 saturated heterocycles. The highest BCUT2D eigenvalue weighted by atomic mass is 16.5. The van der Waals surface area contributed by atoms with E-state index in [9.17, 15) is 4.79 Å². The molecular formula is C27H28N6O2. The summed E-state index contributed by atoms with van der Waals surface area (Å²) >= 11 is 0. The van der Waals surface area contributed by atoms with Crippen LogP contribution in [0.2, 0.25) is 0 Å². The predicted molar refractivity (Wildman–Crippen MR) is 135 cm³/mol. The van der Waals surface area contributed by atoms with Gasteiger partial charge in [0.05, 0.1) is 18.3 Å². The Labute approximate surface area is 204 Å². The molecule has 0 bridgehead atoms. The topological polar surface area (TPSA) is 102 Å². The number of rotatable bonds is 8. The molecule has 0 spiro atoms. The van der Waals surface area contributed by atoms with Gasteiger partial charge in [0.2, 0.25) is 0 Å². The van der Waals surface area contributed by atoms with Crippen molar-refractivity contribution in [2.75, 3.05) is 18.5 Å². The molecule has 1 unspecified atom stereocenters. The molecule has 4 N–H and O–H groups in total. The molecule has 2 aliphatic heterocycles. The first kappa shape index (κ1) is 22.6. The molecule has 2 fully saturated rings. The number of hydrogen-bond donors (Lipinski definition) is 4. The van der Waals surface area contributed by atoms with Crippen LogP contribution in [0.4, 0.5) is 5.69 Å². The van der Waals surface area contributed by atoms with Crippen LogP contribution >= 0.6 is 0 Å². The summed E-state index contributed by atoms with van der Waals surface area (Å²) < 4.78 is 5.70. The van der Waals surface area contributed by atoms with Crippen LogP contribution in [0.15, 0.2) is 90.4 Å². The molecule has 2 aromatic carbocycles. The van der Waals surface area contributed by atoms with Crippen LogP contribution in [0, 0.1) is 5.41 Å². The van der Waals surface area contributed by atoms with Crippen molar-refractivity contribution in [2.24, 2.45) is 0 Å². The Morgan fingerprint density at radius 3 is 2.60 bits per heavy atom. The third-order valence-electron chi connectivity index (χ3n) is 6.06. The number of aromatic nitrogens is 1. The molecule has 3 aromatic rings. The number of para-hydroxylation sites is 1. The van der Waals surface area contributed by atoms with Gasteiger partial charge in [0.15, 0.2) is 5.84 Å². The molecule has 1 atom stereocenters. The lowest BCUT2D eigenvalue weighted by atomic mass is 10.1. The zero-order valence-corrected chi connectivity index (χ0v) is 19.3.